The molecule has 1 atom stereocenters. The van der Waals surface area contributed by atoms with Gasteiger partial charge < -0.3 is 14.7 Å². The fraction of sp³-hybridized carbons (Fsp3) is 0.647. The lowest BCUT2D eigenvalue weighted by Gasteiger charge is -2.48. The van der Waals surface area contributed by atoms with Gasteiger partial charge in [0.2, 0.25) is 0 Å². The molecule has 5 heteroatoms. The number of amides is 1. The molecule has 2 aliphatic heterocycles. The highest BCUT2D eigenvalue weighted by Gasteiger charge is 2.45. The molecule has 1 aromatic rings. The summed E-state index contributed by atoms with van der Waals surface area (Å²) in [6, 6.07) is 5.52. The number of aromatic nitrogens is 1. The topological polar surface area (TPSA) is 62.7 Å². The van der Waals surface area contributed by atoms with Crippen LogP contribution in [-0.2, 0) is 4.74 Å². The molecule has 0 aromatic carbocycles. The maximum atomic E-state index is 12.5. The first kappa shape index (κ1) is 15.4. The van der Waals surface area contributed by atoms with Gasteiger partial charge in [-0.1, -0.05) is 6.07 Å². The zero-order chi connectivity index (χ0) is 15.8. The summed E-state index contributed by atoms with van der Waals surface area (Å²) in [6.45, 7) is 5.68. The largest absolute Gasteiger partial charge is 0.390 e. The summed E-state index contributed by atoms with van der Waals surface area (Å²) in [5, 5.41) is 10.3. The lowest BCUT2D eigenvalue weighted by Crippen LogP contribution is -2.54. The van der Waals surface area contributed by atoms with Crippen molar-refractivity contribution in [2.45, 2.75) is 50.7 Å². The van der Waals surface area contributed by atoms with Crippen LogP contribution in [0.2, 0.25) is 0 Å². The zero-order valence-corrected chi connectivity index (χ0v) is 13.3. The number of aryl methyl sites for hydroxylation is 1. The van der Waals surface area contributed by atoms with Crippen LogP contribution in [0.15, 0.2) is 18.2 Å². The van der Waals surface area contributed by atoms with Gasteiger partial charge in [0.25, 0.3) is 5.91 Å². The summed E-state index contributed by atoms with van der Waals surface area (Å²) in [4.78, 5) is 18.7. The van der Waals surface area contributed by atoms with Crippen LogP contribution in [-0.4, -0.2) is 51.8 Å². The molecule has 0 saturated carbocycles. The Bertz CT molecular complexity index is 563. The van der Waals surface area contributed by atoms with E-state index in [4.69, 9.17) is 4.74 Å². The number of carbonyl (C=O) groups is 1. The molecule has 1 amide bonds. The number of rotatable bonds is 1. The number of nitrogens with zero attached hydrogens (tertiary/aromatic N) is 2. The number of hydrogen-bond donors (Lipinski definition) is 1. The molecule has 22 heavy (non-hydrogen) atoms. The van der Waals surface area contributed by atoms with E-state index in [1.807, 2.05) is 30.9 Å². The molecular weight excluding hydrogens is 280 g/mol. The quantitative estimate of drug-likeness (QED) is 0.861. The molecule has 2 fully saturated rings. The van der Waals surface area contributed by atoms with Gasteiger partial charge in [0.05, 0.1) is 17.8 Å². The van der Waals surface area contributed by atoms with Crippen molar-refractivity contribution < 1.29 is 14.6 Å². The highest BCUT2D eigenvalue weighted by molar-refractivity contribution is 5.92. The SMILES string of the molecule is Cc1cccc(C(=O)N2CCC3(CC2)CC(C)(O)CCO3)n1. The lowest BCUT2D eigenvalue weighted by atomic mass is 9.78. The van der Waals surface area contributed by atoms with Gasteiger partial charge in [0, 0.05) is 25.2 Å². The van der Waals surface area contributed by atoms with Gasteiger partial charge in [-0.05, 0) is 45.2 Å². The fourth-order valence-electron chi connectivity index (χ4n) is 3.58. The monoisotopic (exact) mass is 304 g/mol. The third-order valence-corrected chi connectivity index (χ3v) is 4.82. The predicted molar refractivity (Wildman–Crippen MR) is 82.7 cm³/mol. The molecule has 1 spiro atoms. The van der Waals surface area contributed by atoms with E-state index in [0.717, 1.165) is 18.5 Å². The second-order valence-electron chi connectivity index (χ2n) is 6.91. The van der Waals surface area contributed by atoms with Crippen molar-refractivity contribution in [2.75, 3.05) is 19.7 Å². The van der Waals surface area contributed by atoms with Crippen molar-refractivity contribution in [1.29, 1.82) is 0 Å². The van der Waals surface area contributed by atoms with Gasteiger partial charge >= 0.3 is 0 Å². The number of carbonyl (C=O) groups excluding carboxylic acids is 1. The predicted octanol–water partition coefficient (Wildman–Crippen LogP) is 1.93. The summed E-state index contributed by atoms with van der Waals surface area (Å²) in [6.07, 6.45) is 2.90. The van der Waals surface area contributed by atoms with Crippen molar-refractivity contribution in [1.82, 2.24) is 9.88 Å². The summed E-state index contributed by atoms with van der Waals surface area (Å²) in [5.41, 5.74) is 0.444. The van der Waals surface area contributed by atoms with E-state index in [2.05, 4.69) is 4.98 Å². The first-order valence-electron chi connectivity index (χ1n) is 7.99. The smallest absolute Gasteiger partial charge is 0.272 e. The van der Waals surface area contributed by atoms with Crippen LogP contribution in [0.25, 0.3) is 0 Å². The molecule has 0 radical (unpaired) electrons. The number of hydrogen-bond acceptors (Lipinski definition) is 4. The van der Waals surface area contributed by atoms with E-state index in [0.29, 0.717) is 38.2 Å². The van der Waals surface area contributed by atoms with Gasteiger partial charge in [0.15, 0.2) is 0 Å². The standard InChI is InChI=1S/C17H24N2O3/c1-13-4-3-5-14(18-13)15(20)19-9-6-17(7-10-19)12-16(2,21)8-11-22-17/h3-5,21H,6-12H2,1-2H3. The van der Waals surface area contributed by atoms with Gasteiger partial charge in [-0.15, -0.1) is 0 Å². The van der Waals surface area contributed by atoms with Gasteiger partial charge in [-0.3, -0.25) is 4.79 Å². The van der Waals surface area contributed by atoms with Crippen molar-refractivity contribution in [2.24, 2.45) is 0 Å². The highest BCUT2D eigenvalue weighted by atomic mass is 16.5. The van der Waals surface area contributed by atoms with Crippen LogP contribution >= 0.6 is 0 Å². The van der Waals surface area contributed by atoms with E-state index in [1.54, 1.807) is 6.07 Å². The molecule has 0 aliphatic carbocycles. The lowest BCUT2D eigenvalue weighted by molar-refractivity contribution is -0.170. The van der Waals surface area contributed by atoms with Crippen molar-refractivity contribution in [3.05, 3.63) is 29.6 Å². The van der Waals surface area contributed by atoms with Crippen molar-refractivity contribution in [3.8, 4) is 0 Å². The summed E-state index contributed by atoms with van der Waals surface area (Å²) < 4.78 is 5.98. The molecule has 120 valence electrons. The average molecular weight is 304 g/mol. The molecule has 3 rings (SSSR count). The molecule has 1 aromatic heterocycles. The first-order chi connectivity index (χ1) is 10.4. The Labute approximate surface area is 131 Å². The highest BCUT2D eigenvalue weighted by Crippen LogP contribution is 2.39. The number of likely N-dealkylation sites (tertiary alicyclic amines) is 1. The van der Waals surface area contributed by atoms with Crippen LogP contribution in [0.5, 0.6) is 0 Å². The minimum Gasteiger partial charge on any atom is -0.390 e. The molecule has 5 nitrogen and oxygen atoms in total. The second kappa shape index (κ2) is 5.63. The van der Waals surface area contributed by atoms with Crippen molar-refractivity contribution in [3.63, 3.8) is 0 Å². The van der Waals surface area contributed by atoms with Gasteiger partial charge in [0.1, 0.15) is 5.69 Å². The summed E-state index contributed by atoms with van der Waals surface area (Å²) >= 11 is 0. The van der Waals surface area contributed by atoms with Crippen LogP contribution in [0, 0.1) is 6.92 Å². The Morgan fingerprint density at radius 1 is 1.32 bits per heavy atom. The van der Waals surface area contributed by atoms with Crippen LogP contribution in [0.3, 0.4) is 0 Å². The van der Waals surface area contributed by atoms with E-state index >= 15 is 0 Å². The van der Waals surface area contributed by atoms with E-state index < -0.39 is 5.60 Å². The fourth-order valence-corrected chi connectivity index (χ4v) is 3.58. The zero-order valence-electron chi connectivity index (χ0n) is 13.3. The number of piperidine rings is 1. The molecule has 0 bridgehead atoms. The second-order valence-corrected chi connectivity index (χ2v) is 6.91. The Morgan fingerprint density at radius 3 is 2.68 bits per heavy atom. The summed E-state index contributed by atoms with van der Waals surface area (Å²) in [5.74, 6) is -0.0129. The maximum absolute atomic E-state index is 12.5. The Hall–Kier alpha value is -1.46. The number of ether oxygens (including phenoxy) is 1. The molecule has 3 heterocycles. The number of pyridine rings is 1. The third kappa shape index (κ3) is 3.15. The normalized spacial score (nSPS) is 27.9. The van der Waals surface area contributed by atoms with Crippen molar-refractivity contribution >= 4 is 5.91 Å². The van der Waals surface area contributed by atoms with E-state index in [-0.39, 0.29) is 11.5 Å². The van der Waals surface area contributed by atoms with E-state index in [1.165, 1.54) is 0 Å². The van der Waals surface area contributed by atoms with Crippen LogP contribution in [0.1, 0.15) is 48.8 Å². The molecule has 1 unspecified atom stereocenters. The minimum atomic E-state index is -0.650. The Balaban J connectivity index is 1.65. The Kier molecular flexibility index (Phi) is 3.95. The minimum absolute atomic E-state index is 0.0129. The average Bonchev–Trinajstić information content (AvgIpc) is 2.46. The number of aliphatic hydroxyl groups is 1. The Morgan fingerprint density at radius 2 is 2.05 bits per heavy atom. The summed E-state index contributed by atoms with van der Waals surface area (Å²) in [7, 11) is 0. The van der Waals surface area contributed by atoms with Gasteiger partial charge in [-0.25, -0.2) is 4.98 Å². The van der Waals surface area contributed by atoms with Crippen LogP contribution < -0.4 is 0 Å². The molecule has 2 aliphatic rings. The third-order valence-electron chi connectivity index (χ3n) is 4.82. The van der Waals surface area contributed by atoms with Gasteiger partial charge in [-0.2, -0.15) is 0 Å². The van der Waals surface area contributed by atoms with Crippen LogP contribution in [0.4, 0.5) is 0 Å². The maximum Gasteiger partial charge on any atom is 0.272 e. The first-order valence-corrected chi connectivity index (χ1v) is 7.99. The van der Waals surface area contributed by atoms with E-state index in [9.17, 15) is 9.90 Å². The molecular formula is C17H24N2O3. The molecule has 2 saturated heterocycles. The molecule has 1 N–H and O–H groups in total.